The highest BCUT2D eigenvalue weighted by atomic mass is 19.1. The van der Waals surface area contributed by atoms with Gasteiger partial charge in [-0.15, -0.1) is 0 Å². The third-order valence-electron chi connectivity index (χ3n) is 5.15. The fourth-order valence-corrected chi connectivity index (χ4v) is 3.78. The van der Waals surface area contributed by atoms with Gasteiger partial charge in [0.2, 0.25) is 0 Å². The number of benzene rings is 2. The summed E-state index contributed by atoms with van der Waals surface area (Å²) in [6.45, 7) is 5.00. The van der Waals surface area contributed by atoms with Crippen LogP contribution in [0.3, 0.4) is 0 Å². The first-order valence-electron chi connectivity index (χ1n) is 8.77. The minimum atomic E-state index is -0.183. The zero-order valence-electron chi connectivity index (χ0n) is 14.4. The molecule has 1 fully saturated rings. The molecule has 0 aliphatic carbocycles. The van der Waals surface area contributed by atoms with E-state index in [1.807, 2.05) is 6.07 Å². The number of hydrogen-bond donors (Lipinski definition) is 2. The largest absolute Gasteiger partial charge is 0.380 e. The van der Waals surface area contributed by atoms with Crippen LogP contribution in [-0.4, -0.2) is 24.7 Å². The molecule has 130 valence electrons. The van der Waals surface area contributed by atoms with Crippen molar-refractivity contribution in [1.82, 2.24) is 10.3 Å². The lowest BCUT2D eigenvalue weighted by Crippen LogP contribution is -2.38. The summed E-state index contributed by atoms with van der Waals surface area (Å²) in [5, 5.41) is 4.80. The fourth-order valence-electron chi connectivity index (χ4n) is 3.78. The number of halogens is 1. The van der Waals surface area contributed by atoms with E-state index >= 15 is 0 Å². The van der Waals surface area contributed by atoms with E-state index in [1.165, 1.54) is 28.2 Å². The van der Waals surface area contributed by atoms with Gasteiger partial charge in [-0.2, -0.15) is 0 Å². The van der Waals surface area contributed by atoms with Crippen LogP contribution in [0.2, 0.25) is 0 Å². The highest BCUT2D eigenvalue weighted by molar-refractivity contribution is 5.81. The van der Waals surface area contributed by atoms with Crippen LogP contribution in [0.1, 0.15) is 23.2 Å². The molecule has 4 heteroatoms. The van der Waals surface area contributed by atoms with Gasteiger partial charge in [-0.3, -0.25) is 0 Å². The lowest BCUT2D eigenvalue weighted by atomic mass is 9.79. The summed E-state index contributed by atoms with van der Waals surface area (Å²) in [6.07, 6.45) is 0.916. The summed E-state index contributed by atoms with van der Waals surface area (Å²) in [5.74, 6) is -0.183. The Morgan fingerprint density at radius 3 is 2.92 bits per heavy atom. The van der Waals surface area contributed by atoms with E-state index in [0.717, 1.165) is 31.7 Å². The molecule has 2 N–H and O–H groups in total. The van der Waals surface area contributed by atoms with Crippen molar-refractivity contribution in [2.75, 3.05) is 19.8 Å². The molecule has 1 saturated heterocycles. The minimum Gasteiger partial charge on any atom is -0.380 e. The quantitative estimate of drug-likeness (QED) is 0.736. The average Bonchev–Trinajstić information content (AvgIpc) is 3.21. The molecule has 1 aliphatic rings. The first-order valence-corrected chi connectivity index (χ1v) is 8.77. The molecule has 3 nitrogen and oxygen atoms in total. The minimum absolute atomic E-state index is 0.142. The van der Waals surface area contributed by atoms with Crippen LogP contribution < -0.4 is 5.32 Å². The fraction of sp³-hybridized carbons (Fsp3) is 0.333. The van der Waals surface area contributed by atoms with Gasteiger partial charge in [-0.25, -0.2) is 4.39 Å². The predicted octanol–water partition coefficient (Wildman–Crippen LogP) is 4.06. The van der Waals surface area contributed by atoms with Crippen LogP contribution in [0.15, 0.2) is 48.5 Å². The van der Waals surface area contributed by atoms with Gasteiger partial charge < -0.3 is 15.0 Å². The van der Waals surface area contributed by atoms with Crippen LogP contribution in [0.4, 0.5) is 4.39 Å². The number of fused-ring (bicyclic) bond motifs is 1. The van der Waals surface area contributed by atoms with Crippen molar-refractivity contribution >= 4 is 10.9 Å². The molecular weight excluding hydrogens is 315 g/mol. The van der Waals surface area contributed by atoms with Gasteiger partial charge in [0.1, 0.15) is 5.82 Å². The summed E-state index contributed by atoms with van der Waals surface area (Å²) < 4.78 is 19.3. The molecule has 0 amide bonds. The normalized spacial score (nSPS) is 20.4. The highest BCUT2D eigenvalue weighted by Crippen LogP contribution is 2.33. The number of aryl methyl sites for hydroxylation is 1. The Morgan fingerprint density at radius 2 is 2.12 bits per heavy atom. The van der Waals surface area contributed by atoms with E-state index in [2.05, 4.69) is 41.5 Å². The number of rotatable bonds is 5. The maximum atomic E-state index is 13.7. The molecule has 1 aliphatic heterocycles. The van der Waals surface area contributed by atoms with Crippen molar-refractivity contribution in [3.8, 4) is 0 Å². The van der Waals surface area contributed by atoms with Gasteiger partial charge in [0, 0.05) is 36.3 Å². The zero-order chi connectivity index (χ0) is 17.3. The molecule has 1 atom stereocenters. The molecule has 3 aromatic rings. The second-order valence-corrected chi connectivity index (χ2v) is 7.07. The molecule has 0 unspecified atom stereocenters. The Bertz CT molecular complexity index is 880. The Morgan fingerprint density at radius 1 is 1.20 bits per heavy atom. The standard InChI is InChI=1S/C21H23FN2O/c1-15-9-17-10-16(5-6-20(17)24-15)12-23-13-21(7-8-25-14-21)18-3-2-4-19(22)11-18/h2-6,9-11,23-24H,7-8,12-14H2,1H3/t21-/m1/s1. The molecule has 1 aromatic heterocycles. The maximum absolute atomic E-state index is 13.7. The van der Waals surface area contributed by atoms with Gasteiger partial charge in [0.05, 0.1) is 6.61 Å². The third kappa shape index (κ3) is 3.32. The first kappa shape index (κ1) is 16.3. The molecule has 25 heavy (non-hydrogen) atoms. The third-order valence-corrected chi connectivity index (χ3v) is 5.15. The van der Waals surface area contributed by atoms with E-state index in [1.54, 1.807) is 12.1 Å². The summed E-state index contributed by atoms with van der Waals surface area (Å²) in [4.78, 5) is 3.35. The molecule has 2 aromatic carbocycles. The van der Waals surface area contributed by atoms with Crippen LogP contribution in [0.5, 0.6) is 0 Å². The molecule has 0 saturated carbocycles. The first-order chi connectivity index (χ1) is 12.1. The van der Waals surface area contributed by atoms with Crippen molar-refractivity contribution in [3.05, 3.63) is 71.2 Å². The number of hydrogen-bond acceptors (Lipinski definition) is 2. The summed E-state index contributed by atoms with van der Waals surface area (Å²) in [6, 6.07) is 15.6. The van der Waals surface area contributed by atoms with Crippen molar-refractivity contribution in [2.24, 2.45) is 0 Å². The number of nitrogens with one attached hydrogen (secondary N) is 2. The topological polar surface area (TPSA) is 37.0 Å². The second kappa shape index (κ2) is 6.62. The molecule has 2 heterocycles. The van der Waals surface area contributed by atoms with E-state index in [0.29, 0.717) is 6.61 Å². The molecule has 0 radical (unpaired) electrons. The van der Waals surface area contributed by atoms with E-state index in [9.17, 15) is 4.39 Å². The Hall–Kier alpha value is -2.17. The average molecular weight is 338 g/mol. The van der Waals surface area contributed by atoms with E-state index < -0.39 is 0 Å². The van der Waals surface area contributed by atoms with Crippen molar-refractivity contribution < 1.29 is 9.13 Å². The zero-order valence-corrected chi connectivity index (χ0v) is 14.4. The summed E-state index contributed by atoms with van der Waals surface area (Å²) in [5.41, 5.74) is 4.47. The smallest absolute Gasteiger partial charge is 0.123 e. The second-order valence-electron chi connectivity index (χ2n) is 7.07. The van der Waals surface area contributed by atoms with Gasteiger partial charge in [-0.05, 0) is 60.2 Å². The number of aromatic amines is 1. The maximum Gasteiger partial charge on any atom is 0.123 e. The van der Waals surface area contributed by atoms with Crippen molar-refractivity contribution in [3.63, 3.8) is 0 Å². The Balaban J connectivity index is 1.48. The van der Waals surface area contributed by atoms with Crippen LogP contribution in [0, 0.1) is 12.7 Å². The monoisotopic (exact) mass is 338 g/mol. The van der Waals surface area contributed by atoms with Crippen molar-refractivity contribution in [2.45, 2.75) is 25.3 Å². The number of ether oxygens (including phenoxy) is 1. The summed E-state index contributed by atoms with van der Waals surface area (Å²) >= 11 is 0. The van der Waals surface area contributed by atoms with E-state index in [4.69, 9.17) is 4.74 Å². The number of aromatic nitrogens is 1. The molecule has 0 bridgehead atoms. The molecule has 0 spiro atoms. The van der Waals surface area contributed by atoms with Crippen LogP contribution in [-0.2, 0) is 16.7 Å². The van der Waals surface area contributed by atoms with Gasteiger partial charge in [0.15, 0.2) is 0 Å². The molecular formula is C21H23FN2O. The van der Waals surface area contributed by atoms with E-state index in [-0.39, 0.29) is 11.2 Å². The lowest BCUT2D eigenvalue weighted by Gasteiger charge is -2.28. The SMILES string of the molecule is Cc1cc2cc(CNC[C@]3(c4cccc(F)c4)CCOC3)ccc2[nH]1. The van der Waals surface area contributed by atoms with Gasteiger partial charge in [0.25, 0.3) is 0 Å². The van der Waals surface area contributed by atoms with Gasteiger partial charge in [-0.1, -0.05) is 18.2 Å². The summed E-state index contributed by atoms with van der Waals surface area (Å²) in [7, 11) is 0. The van der Waals surface area contributed by atoms with Crippen LogP contribution in [0.25, 0.3) is 10.9 Å². The number of H-pyrrole nitrogens is 1. The van der Waals surface area contributed by atoms with Crippen LogP contribution >= 0.6 is 0 Å². The Labute approximate surface area is 147 Å². The van der Waals surface area contributed by atoms with Gasteiger partial charge >= 0.3 is 0 Å². The Kier molecular flexibility index (Phi) is 4.32. The predicted molar refractivity (Wildman–Crippen MR) is 98.3 cm³/mol. The highest BCUT2D eigenvalue weighted by Gasteiger charge is 2.36. The lowest BCUT2D eigenvalue weighted by molar-refractivity contribution is 0.176. The molecule has 4 rings (SSSR count). The van der Waals surface area contributed by atoms with Crippen molar-refractivity contribution in [1.29, 1.82) is 0 Å².